The Balaban J connectivity index is 3.19. The van der Waals surface area contributed by atoms with Crippen molar-refractivity contribution in [3.63, 3.8) is 0 Å². The van der Waals surface area contributed by atoms with Crippen molar-refractivity contribution in [2.45, 2.75) is 12.6 Å². The van der Waals surface area contributed by atoms with Crippen LogP contribution in [0.1, 0.15) is 11.1 Å². The van der Waals surface area contributed by atoms with Crippen molar-refractivity contribution in [3.8, 4) is 0 Å². The Morgan fingerprint density at radius 2 is 1.56 bits per heavy atom. The van der Waals surface area contributed by atoms with Gasteiger partial charge in [0, 0.05) is 19.8 Å². The van der Waals surface area contributed by atoms with E-state index in [1.54, 1.807) is 6.92 Å². The summed E-state index contributed by atoms with van der Waals surface area (Å²) in [6.07, 6.45) is 0. The molecular formula is C10H13F2O3P. The van der Waals surface area contributed by atoms with Crippen molar-refractivity contribution < 1.29 is 22.4 Å². The molecule has 1 rings (SSSR count). The molecule has 0 spiro atoms. The number of alkyl halides is 2. The average molecular weight is 250 g/mol. The molecule has 0 bridgehead atoms. The molecule has 0 saturated carbocycles. The van der Waals surface area contributed by atoms with Crippen molar-refractivity contribution in [2.24, 2.45) is 0 Å². The number of hydrogen-bond donors (Lipinski definition) is 0. The van der Waals surface area contributed by atoms with Gasteiger partial charge in [-0.2, -0.15) is 8.78 Å². The summed E-state index contributed by atoms with van der Waals surface area (Å²) in [5, 5.41) is 0. The second kappa shape index (κ2) is 4.62. The largest absolute Gasteiger partial charge is 0.403 e. The van der Waals surface area contributed by atoms with Crippen LogP contribution in [-0.4, -0.2) is 14.2 Å². The van der Waals surface area contributed by atoms with Crippen molar-refractivity contribution in [1.29, 1.82) is 0 Å². The standard InChI is InChI=1S/C10H13F2O3P/c1-8-4-6-9(7-5-8)10(11,12)16(13,14-2)15-3/h4-7H,1-3H3. The van der Waals surface area contributed by atoms with Crippen LogP contribution in [0.15, 0.2) is 24.3 Å². The highest BCUT2D eigenvalue weighted by atomic mass is 31.2. The molecule has 1 aromatic rings. The molecule has 0 unspecified atom stereocenters. The van der Waals surface area contributed by atoms with Gasteiger partial charge in [-0.25, -0.2) is 0 Å². The lowest BCUT2D eigenvalue weighted by molar-refractivity contribution is 0.0453. The molecule has 0 aliphatic carbocycles. The zero-order chi connectivity index (χ0) is 12.4. The van der Waals surface area contributed by atoms with Crippen LogP contribution in [0.4, 0.5) is 8.78 Å². The fourth-order valence-corrected chi connectivity index (χ4v) is 2.29. The first-order valence-corrected chi connectivity index (χ1v) is 6.08. The molecule has 3 nitrogen and oxygen atoms in total. The van der Waals surface area contributed by atoms with Gasteiger partial charge in [0.05, 0.1) is 0 Å². The monoisotopic (exact) mass is 250 g/mol. The van der Waals surface area contributed by atoms with E-state index in [9.17, 15) is 13.3 Å². The third-order valence-corrected chi connectivity index (χ3v) is 4.13. The van der Waals surface area contributed by atoms with Crippen LogP contribution in [0.5, 0.6) is 0 Å². The maximum absolute atomic E-state index is 13.8. The number of aryl methyl sites for hydroxylation is 1. The van der Waals surface area contributed by atoms with Crippen LogP contribution in [-0.2, 0) is 19.3 Å². The summed E-state index contributed by atoms with van der Waals surface area (Å²) in [7, 11) is -2.58. The summed E-state index contributed by atoms with van der Waals surface area (Å²) >= 11 is 0. The molecule has 1 aromatic carbocycles. The van der Waals surface area contributed by atoms with E-state index in [-0.39, 0.29) is 5.56 Å². The van der Waals surface area contributed by atoms with Gasteiger partial charge in [0.1, 0.15) is 0 Å². The average Bonchev–Trinajstić information content (AvgIpc) is 2.28. The molecular weight excluding hydrogens is 237 g/mol. The van der Waals surface area contributed by atoms with Crippen LogP contribution in [0, 0.1) is 6.92 Å². The highest BCUT2D eigenvalue weighted by Gasteiger charge is 2.53. The summed E-state index contributed by atoms with van der Waals surface area (Å²) in [6.45, 7) is 1.77. The fourth-order valence-electron chi connectivity index (χ4n) is 1.22. The summed E-state index contributed by atoms with van der Waals surface area (Å²) in [5.74, 6) is 0. The van der Waals surface area contributed by atoms with Crippen LogP contribution in [0.2, 0.25) is 0 Å². The van der Waals surface area contributed by atoms with E-state index >= 15 is 0 Å². The van der Waals surface area contributed by atoms with Gasteiger partial charge in [0.2, 0.25) is 0 Å². The molecule has 0 saturated heterocycles. The van der Waals surface area contributed by atoms with Gasteiger partial charge in [-0.1, -0.05) is 29.8 Å². The third-order valence-electron chi connectivity index (χ3n) is 2.22. The maximum Gasteiger partial charge on any atom is 0.403 e. The Morgan fingerprint density at radius 1 is 1.12 bits per heavy atom. The smallest absolute Gasteiger partial charge is 0.308 e. The van der Waals surface area contributed by atoms with E-state index in [1.165, 1.54) is 24.3 Å². The predicted octanol–water partition coefficient (Wildman–Crippen LogP) is 3.53. The minimum atomic E-state index is -4.45. The molecule has 6 heteroatoms. The fraction of sp³-hybridized carbons (Fsp3) is 0.400. The predicted molar refractivity (Wildman–Crippen MR) is 56.7 cm³/mol. The first kappa shape index (κ1) is 13.3. The minimum absolute atomic E-state index is 0.384. The van der Waals surface area contributed by atoms with Crippen molar-refractivity contribution >= 4 is 7.60 Å². The summed E-state index contributed by atoms with van der Waals surface area (Å²) in [4.78, 5) is 0. The third kappa shape index (κ3) is 2.17. The Hall–Kier alpha value is -0.770. The highest BCUT2D eigenvalue weighted by Crippen LogP contribution is 2.65. The van der Waals surface area contributed by atoms with E-state index in [0.29, 0.717) is 0 Å². The zero-order valence-corrected chi connectivity index (χ0v) is 10.1. The van der Waals surface area contributed by atoms with E-state index in [4.69, 9.17) is 0 Å². The van der Waals surface area contributed by atoms with Gasteiger partial charge < -0.3 is 9.05 Å². The second-order valence-corrected chi connectivity index (χ2v) is 5.56. The first-order valence-electron chi connectivity index (χ1n) is 4.54. The van der Waals surface area contributed by atoms with Gasteiger partial charge in [0.25, 0.3) is 0 Å². The molecule has 0 radical (unpaired) electrons. The van der Waals surface area contributed by atoms with Crippen LogP contribution in [0.25, 0.3) is 0 Å². The zero-order valence-electron chi connectivity index (χ0n) is 9.24. The summed E-state index contributed by atoms with van der Waals surface area (Å²) in [6, 6.07) is 5.44. The molecule has 16 heavy (non-hydrogen) atoms. The maximum atomic E-state index is 13.8. The molecule has 0 heterocycles. The SMILES string of the molecule is COP(=O)(OC)C(F)(F)c1ccc(C)cc1. The summed E-state index contributed by atoms with van der Waals surface area (Å²) in [5.41, 5.74) is -3.20. The number of benzene rings is 1. The Kier molecular flexibility index (Phi) is 3.84. The van der Waals surface area contributed by atoms with Crippen LogP contribution >= 0.6 is 7.60 Å². The molecule has 0 atom stereocenters. The Labute approximate surface area is 92.9 Å². The molecule has 90 valence electrons. The van der Waals surface area contributed by atoms with Crippen LogP contribution in [0.3, 0.4) is 0 Å². The molecule has 0 fully saturated rings. The number of hydrogen-bond acceptors (Lipinski definition) is 3. The molecule has 0 aliphatic heterocycles. The van der Waals surface area contributed by atoms with Crippen LogP contribution < -0.4 is 0 Å². The van der Waals surface area contributed by atoms with E-state index < -0.39 is 13.3 Å². The lowest BCUT2D eigenvalue weighted by Crippen LogP contribution is -2.16. The van der Waals surface area contributed by atoms with Gasteiger partial charge in [-0.3, -0.25) is 4.57 Å². The summed E-state index contributed by atoms with van der Waals surface area (Å²) < 4.78 is 48.0. The van der Waals surface area contributed by atoms with E-state index in [2.05, 4.69) is 9.05 Å². The number of halogens is 2. The lowest BCUT2D eigenvalue weighted by Gasteiger charge is -2.23. The van der Waals surface area contributed by atoms with E-state index in [0.717, 1.165) is 19.8 Å². The van der Waals surface area contributed by atoms with Gasteiger partial charge in [-0.15, -0.1) is 0 Å². The molecule has 0 aliphatic rings. The van der Waals surface area contributed by atoms with Gasteiger partial charge >= 0.3 is 13.3 Å². The van der Waals surface area contributed by atoms with Crippen molar-refractivity contribution in [2.75, 3.05) is 14.2 Å². The highest BCUT2D eigenvalue weighted by molar-refractivity contribution is 7.54. The van der Waals surface area contributed by atoms with Gasteiger partial charge in [0.15, 0.2) is 0 Å². The first-order chi connectivity index (χ1) is 7.37. The molecule has 0 N–H and O–H groups in total. The molecule has 0 aromatic heterocycles. The van der Waals surface area contributed by atoms with E-state index in [1.807, 2.05) is 0 Å². The Bertz CT molecular complexity index is 395. The van der Waals surface area contributed by atoms with Gasteiger partial charge in [-0.05, 0) is 6.92 Å². The second-order valence-electron chi connectivity index (χ2n) is 3.27. The normalized spacial score (nSPS) is 12.8. The molecule has 0 amide bonds. The van der Waals surface area contributed by atoms with Crippen molar-refractivity contribution in [3.05, 3.63) is 35.4 Å². The lowest BCUT2D eigenvalue weighted by atomic mass is 10.2. The quantitative estimate of drug-likeness (QED) is 0.767. The Morgan fingerprint density at radius 3 is 1.94 bits per heavy atom. The number of rotatable bonds is 4. The van der Waals surface area contributed by atoms with Crippen molar-refractivity contribution in [1.82, 2.24) is 0 Å². The minimum Gasteiger partial charge on any atom is -0.308 e. The topological polar surface area (TPSA) is 35.5 Å².